The lowest BCUT2D eigenvalue weighted by molar-refractivity contribution is 0.109. The zero-order valence-electron chi connectivity index (χ0n) is 17.5. The van der Waals surface area contributed by atoms with E-state index in [-0.39, 0.29) is 0 Å². The number of aldehydes is 2. The van der Waals surface area contributed by atoms with Crippen LogP contribution in [0.1, 0.15) is 37.7 Å². The minimum absolute atomic E-state index is 0.349. The zero-order chi connectivity index (χ0) is 22.6. The van der Waals surface area contributed by atoms with E-state index < -0.39 is 0 Å². The minimum Gasteiger partial charge on any atom is -0.355 e. The number of hydrogen-bond acceptors (Lipinski definition) is 5. The molecule has 3 aliphatic heterocycles. The van der Waals surface area contributed by atoms with E-state index in [1.165, 1.54) is 0 Å². The average molecular weight is 430 g/mol. The third-order valence-electron chi connectivity index (χ3n) is 5.22. The third kappa shape index (κ3) is 4.36. The van der Waals surface area contributed by atoms with Crippen molar-refractivity contribution in [1.29, 1.82) is 0 Å². The maximum atomic E-state index is 11.5. The lowest BCUT2D eigenvalue weighted by Crippen LogP contribution is -2.03. The van der Waals surface area contributed by atoms with Crippen molar-refractivity contribution in [2.45, 2.75) is 0 Å². The summed E-state index contributed by atoms with van der Waals surface area (Å²) < 4.78 is 0. The average Bonchev–Trinajstić information content (AvgIpc) is 3.63. The Morgan fingerprint density at radius 2 is 1.52 bits per heavy atom. The summed E-state index contributed by atoms with van der Waals surface area (Å²) in [7, 11) is 0. The monoisotopic (exact) mass is 430 g/mol. The molecule has 0 atom stereocenters. The van der Waals surface area contributed by atoms with Crippen LogP contribution < -0.4 is 0 Å². The van der Waals surface area contributed by atoms with Gasteiger partial charge in [0.25, 0.3) is 0 Å². The number of hydrogen-bond donors (Lipinski definition) is 1. The highest BCUT2D eigenvalue weighted by molar-refractivity contribution is 6.16. The van der Waals surface area contributed by atoms with Crippen molar-refractivity contribution < 1.29 is 9.59 Å². The maximum absolute atomic E-state index is 11.5. The molecule has 6 nitrogen and oxygen atoms in total. The fourth-order valence-electron chi connectivity index (χ4n) is 3.67. The van der Waals surface area contributed by atoms with Crippen molar-refractivity contribution in [1.82, 2.24) is 4.98 Å². The summed E-state index contributed by atoms with van der Waals surface area (Å²) in [5, 5.41) is 0. The van der Waals surface area contributed by atoms with E-state index in [0.717, 1.165) is 34.2 Å². The molecule has 0 aliphatic carbocycles. The van der Waals surface area contributed by atoms with E-state index in [1.54, 1.807) is 24.4 Å². The molecule has 1 aromatic carbocycles. The Bertz CT molecular complexity index is 1420. The van der Waals surface area contributed by atoms with Crippen molar-refractivity contribution in [3.63, 3.8) is 0 Å². The second kappa shape index (κ2) is 8.80. The Morgan fingerprint density at radius 3 is 2.24 bits per heavy atom. The summed E-state index contributed by atoms with van der Waals surface area (Å²) in [6, 6.07) is 9.10. The Balaban J connectivity index is 1.34. The van der Waals surface area contributed by atoms with E-state index >= 15 is 0 Å². The summed E-state index contributed by atoms with van der Waals surface area (Å²) in [5.41, 5.74) is 7.15. The van der Waals surface area contributed by atoms with Crippen LogP contribution in [0.4, 0.5) is 0 Å². The molecular weight excluding hydrogens is 412 g/mol. The first kappa shape index (κ1) is 20.2. The van der Waals surface area contributed by atoms with Crippen molar-refractivity contribution in [3.8, 4) is 0 Å². The topological polar surface area (TPSA) is 87.0 Å². The number of nitrogens with one attached hydrogen (secondary N) is 1. The zero-order valence-corrected chi connectivity index (χ0v) is 17.5. The fraction of sp³-hybridized carbons (Fsp3) is 0. The molecule has 0 fully saturated rings. The van der Waals surface area contributed by atoms with Gasteiger partial charge in [-0.3, -0.25) is 14.6 Å². The number of aromatic nitrogens is 1. The molecule has 0 saturated carbocycles. The second-order valence-electron chi connectivity index (χ2n) is 7.46. The molecule has 6 heteroatoms. The minimum atomic E-state index is 0.349. The van der Waals surface area contributed by atoms with Crippen LogP contribution in [0.25, 0.3) is 12.2 Å². The van der Waals surface area contributed by atoms with E-state index in [1.807, 2.05) is 66.8 Å². The van der Waals surface area contributed by atoms with Crippen molar-refractivity contribution in [3.05, 3.63) is 118 Å². The number of rotatable bonds is 6. The smallest absolute Gasteiger partial charge is 0.151 e. The van der Waals surface area contributed by atoms with Gasteiger partial charge in [0, 0.05) is 34.3 Å². The molecule has 4 heterocycles. The summed E-state index contributed by atoms with van der Waals surface area (Å²) in [5.74, 6) is 0. The van der Waals surface area contributed by atoms with Gasteiger partial charge in [-0.25, -0.2) is 9.98 Å². The van der Waals surface area contributed by atoms with Crippen LogP contribution in [0.5, 0.6) is 0 Å². The Kier molecular flexibility index (Phi) is 5.39. The summed E-state index contributed by atoms with van der Waals surface area (Å²) in [4.78, 5) is 39.5. The first-order chi connectivity index (χ1) is 16.2. The highest BCUT2D eigenvalue weighted by Gasteiger charge is 2.14. The van der Waals surface area contributed by atoms with Crippen LogP contribution in [0.15, 0.2) is 105 Å². The third-order valence-corrected chi connectivity index (χ3v) is 5.22. The van der Waals surface area contributed by atoms with Gasteiger partial charge in [-0.15, -0.1) is 0 Å². The first-order valence-corrected chi connectivity index (χ1v) is 10.3. The molecule has 1 N–H and O–H groups in total. The normalized spacial score (nSPS) is 19.8. The van der Waals surface area contributed by atoms with E-state index in [2.05, 4.69) is 20.0 Å². The first-order valence-electron chi connectivity index (χ1n) is 10.3. The molecule has 0 amide bonds. The van der Waals surface area contributed by atoms with Gasteiger partial charge in [0.1, 0.15) is 0 Å². The predicted octanol–water partition coefficient (Wildman–Crippen LogP) is 4.92. The Labute approximate surface area is 190 Å². The van der Waals surface area contributed by atoms with Crippen molar-refractivity contribution in [2.75, 3.05) is 0 Å². The number of carbonyl (C=O) groups is 2. The van der Waals surface area contributed by atoms with E-state index in [9.17, 15) is 9.59 Å². The summed E-state index contributed by atoms with van der Waals surface area (Å²) in [6.07, 6.45) is 20.4. The van der Waals surface area contributed by atoms with Crippen LogP contribution in [-0.4, -0.2) is 35.2 Å². The molecular formula is C27H18N4O2. The quantitative estimate of drug-likeness (QED) is 0.660. The maximum Gasteiger partial charge on any atom is 0.151 e. The van der Waals surface area contributed by atoms with Crippen LogP contribution >= 0.6 is 0 Å². The molecule has 0 unspecified atom stereocenters. The lowest BCUT2D eigenvalue weighted by atomic mass is 9.99. The predicted molar refractivity (Wildman–Crippen MR) is 132 cm³/mol. The van der Waals surface area contributed by atoms with Gasteiger partial charge >= 0.3 is 0 Å². The van der Waals surface area contributed by atoms with Gasteiger partial charge in [0.2, 0.25) is 0 Å². The lowest BCUT2D eigenvalue weighted by Gasteiger charge is -2.04. The summed E-state index contributed by atoms with van der Waals surface area (Å²) in [6.45, 7) is 0. The number of benzene rings is 1. The SMILES string of the molecule is O=Cc1cccc(C2=NC(=Cc3ccc(C=C4C=CC(C=C5C=CC=N5)=N4)[nH]3)C=C2)c1C=O. The van der Waals surface area contributed by atoms with Crippen LogP contribution in [0.3, 0.4) is 0 Å². The van der Waals surface area contributed by atoms with E-state index in [4.69, 9.17) is 0 Å². The van der Waals surface area contributed by atoms with Gasteiger partial charge in [-0.05, 0) is 66.8 Å². The molecule has 0 radical (unpaired) electrons. The largest absolute Gasteiger partial charge is 0.355 e. The van der Waals surface area contributed by atoms with Gasteiger partial charge in [0.05, 0.1) is 28.5 Å². The number of carbonyl (C=O) groups excluding carboxylic acids is 2. The summed E-state index contributed by atoms with van der Waals surface area (Å²) >= 11 is 0. The van der Waals surface area contributed by atoms with Crippen molar-refractivity contribution in [2.24, 2.45) is 15.0 Å². The highest BCUT2D eigenvalue weighted by Crippen LogP contribution is 2.22. The van der Waals surface area contributed by atoms with Gasteiger partial charge in [-0.2, -0.15) is 0 Å². The number of H-pyrrole nitrogens is 1. The number of allylic oxidation sites excluding steroid dienone is 7. The van der Waals surface area contributed by atoms with Crippen LogP contribution in [-0.2, 0) is 0 Å². The van der Waals surface area contributed by atoms with Gasteiger partial charge in [-0.1, -0.05) is 18.2 Å². The standard InChI is InChI=1S/C27H18N4O2/c32-16-18-3-1-5-25(26(18)17-33)27-11-10-24(31-27)15-23-9-8-22(30-23)14-21-7-6-20(29-21)13-19-4-2-12-28-19/h1-17,30H. The van der Waals surface area contributed by atoms with Gasteiger partial charge < -0.3 is 4.98 Å². The number of nitrogens with zero attached hydrogens (tertiary/aromatic N) is 3. The molecule has 158 valence electrons. The number of aliphatic imine (C=N–C) groups is 3. The molecule has 2 aromatic rings. The molecule has 33 heavy (non-hydrogen) atoms. The highest BCUT2D eigenvalue weighted by atomic mass is 16.1. The second-order valence-corrected chi connectivity index (χ2v) is 7.46. The molecule has 0 bridgehead atoms. The molecule has 1 aromatic heterocycles. The molecule has 0 spiro atoms. The fourth-order valence-corrected chi connectivity index (χ4v) is 3.67. The molecule has 5 rings (SSSR count). The van der Waals surface area contributed by atoms with Crippen molar-refractivity contribution >= 4 is 42.4 Å². The number of aromatic amines is 1. The Morgan fingerprint density at radius 1 is 0.727 bits per heavy atom. The van der Waals surface area contributed by atoms with Crippen LogP contribution in [0.2, 0.25) is 0 Å². The molecule has 0 saturated heterocycles. The Hall–Kier alpha value is -4.71. The van der Waals surface area contributed by atoms with E-state index in [0.29, 0.717) is 35.0 Å². The van der Waals surface area contributed by atoms with Gasteiger partial charge in [0.15, 0.2) is 12.6 Å². The van der Waals surface area contributed by atoms with Crippen LogP contribution in [0, 0.1) is 0 Å². The molecule has 3 aliphatic rings.